The number of hydrogen-bond donors (Lipinski definition) is 2. The molecule has 0 atom stereocenters. The van der Waals surface area contributed by atoms with Crippen LogP contribution >= 0.6 is 11.3 Å². The number of likely N-dealkylation sites (N-methyl/N-ethyl adjacent to an activating group) is 1. The van der Waals surface area contributed by atoms with Crippen molar-refractivity contribution in [3.63, 3.8) is 0 Å². The van der Waals surface area contributed by atoms with Crippen LogP contribution in [0, 0.1) is 0 Å². The van der Waals surface area contributed by atoms with Gasteiger partial charge in [0.25, 0.3) is 5.91 Å². The van der Waals surface area contributed by atoms with Crippen LogP contribution in [0.2, 0.25) is 0 Å². The molecule has 5 nitrogen and oxygen atoms in total. The normalized spacial score (nSPS) is 14.8. The molecule has 1 aliphatic rings. The molecule has 0 saturated heterocycles. The Morgan fingerprint density at radius 3 is 2.68 bits per heavy atom. The molecule has 3 N–H and O–H groups in total. The number of anilines is 3. The molecule has 3 aromatic rings. The van der Waals surface area contributed by atoms with Crippen molar-refractivity contribution in [3.05, 3.63) is 65.0 Å². The number of amides is 2. The van der Waals surface area contributed by atoms with Gasteiger partial charge in [0, 0.05) is 17.5 Å². The van der Waals surface area contributed by atoms with Gasteiger partial charge >= 0.3 is 11.8 Å². The first-order chi connectivity index (χ1) is 13.3. The number of nitrogens with two attached hydrogens (primary N) is 1. The van der Waals surface area contributed by atoms with E-state index >= 15 is 0 Å². The molecule has 2 aromatic carbocycles. The molecule has 28 heavy (non-hydrogen) atoms. The van der Waals surface area contributed by atoms with Crippen LogP contribution in [-0.4, -0.2) is 18.9 Å². The van der Waals surface area contributed by atoms with E-state index < -0.39 is 23.3 Å². The van der Waals surface area contributed by atoms with Gasteiger partial charge in [0.2, 0.25) is 0 Å². The average molecular weight is 399 g/mol. The summed E-state index contributed by atoms with van der Waals surface area (Å²) in [7, 11) is 1.28. The molecular weight excluding hydrogens is 384 g/mol. The Morgan fingerprint density at radius 2 is 1.96 bits per heavy atom. The highest BCUT2D eigenvalue weighted by Crippen LogP contribution is 2.43. The number of benzene rings is 2. The Balaban J connectivity index is 1.65. The zero-order valence-corrected chi connectivity index (χ0v) is 15.5. The van der Waals surface area contributed by atoms with Gasteiger partial charge < -0.3 is 16.0 Å². The second kappa shape index (κ2) is 6.42. The van der Waals surface area contributed by atoms with E-state index in [4.69, 9.17) is 5.73 Å². The van der Waals surface area contributed by atoms with Crippen LogP contribution in [-0.2, 0) is 10.7 Å². The van der Waals surface area contributed by atoms with Crippen molar-refractivity contribution >= 4 is 40.2 Å². The summed E-state index contributed by atoms with van der Waals surface area (Å²) in [5.41, 5.74) is 7.21. The fourth-order valence-electron chi connectivity index (χ4n) is 3.11. The Kier molecular flexibility index (Phi) is 4.15. The molecule has 1 aromatic heterocycles. The van der Waals surface area contributed by atoms with Gasteiger partial charge in [-0.25, -0.2) is 0 Å². The van der Waals surface area contributed by atoms with E-state index in [1.807, 2.05) is 23.6 Å². The highest BCUT2D eigenvalue weighted by Gasteiger charge is 2.51. The standard InChI is InChI=1S/C20H15F2N3O2S/c1-25-16-7-5-12(9-13(16)20(21,22)19(25)27)18(26)24-15-10-11(4-6-14(15)23)17-3-2-8-28-17/h2-10H,23H2,1H3,(H,24,26). The summed E-state index contributed by atoms with van der Waals surface area (Å²) < 4.78 is 28.4. The minimum Gasteiger partial charge on any atom is -0.397 e. The lowest BCUT2D eigenvalue weighted by atomic mass is 10.0. The van der Waals surface area contributed by atoms with Crippen LogP contribution in [0.15, 0.2) is 53.9 Å². The SMILES string of the molecule is CN1C(=O)C(F)(F)c2cc(C(=O)Nc3cc(-c4cccs4)ccc3N)ccc21. The Labute approximate surface area is 163 Å². The quantitative estimate of drug-likeness (QED) is 0.644. The molecule has 1 aliphatic heterocycles. The topological polar surface area (TPSA) is 75.4 Å². The second-order valence-electron chi connectivity index (χ2n) is 6.40. The highest BCUT2D eigenvalue weighted by molar-refractivity contribution is 7.13. The number of nitrogen functional groups attached to an aromatic ring is 1. The maximum Gasteiger partial charge on any atom is 0.352 e. The maximum atomic E-state index is 14.2. The van der Waals surface area contributed by atoms with E-state index in [0.717, 1.165) is 21.4 Å². The van der Waals surface area contributed by atoms with E-state index in [1.165, 1.54) is 19.2 Å². The number of fused-ring (bicyclic) bond motifs is 1. The number of hydrogen-bond acceptors (Lipinski definition) is 4. The van der Waals surface area contributed by atoms with E-state index in [0.29, 0.717) is 11.4 Å². The predicted octanol–water partition coefficient (Wildman–Crippen LogP) is 4.32. The van der Waals surface area contributed by atoms with Crippen molar-refractivity contribution in [1.29, 1.82) is 0 Å². The summed E-state index contributed by atoms with van der Waals surface area (Å²) >= 11 is 1.55. The molecule has 2 heterocycles. The Morgan fingerprint density at radius 1 is 1.18 bits per heavy atom. The summed E-state index contributed by atoms with van der Waals surface area (Å²) in [6.45, 7) is 0. The van der Waals surface area contributed by atoms with E-state index in [-0.39, 0.29) is 11.3 Å². The molecule has 0 spiro atoms. The fraction of sp³-hybridized carbons (Fsp3) is 0.100. The van der Waals surface area contributed by atoms with Crippen molar-refractivity contribution in [2.24, 2.45) is 0 Å². The van der Waals surface area contributed by atoms with Crippen LogP contribution in [0.4, 0.5) is 25.8 Å². The Bertz CT molecular complexity index is 1100. The van der Waals surface area contributed by atoms with Gasteiger partial charge in [-0.05, 0) is 47.3 Å². The van der Waals surface area contributed by atoms with Gasteiger partial charge in [-0.3, -0.25) is 9.59 Å². The number of carbonyl (C=O) groups excluding carboxylic acids is 2. The molecule has 8 heteroatoms. The first-order valence-electron chi connectivity index (χ1n) is 8.34. The number of carbonyl (C=O) groups is 2. The Hall–Kier alpha value is -3.26. The molecular formula is C20H15F2N3O2S. The number of alkyl halides is 2. The number of nitrogens with one attached hydrogen (secondary N) is 1. The van der Waals surface area contributed by atoms with E-state index in [9.17, 15) is 18.4 Å². The molecule has 0 saturated carbocycles. The van der Waals surface area contributed by atoms with Gasteiger partial charge in [0.1, 0.15) is 0 Å². The summed E-state index contributed by atoms with van der Waals surface area (Å²) in [5.74, 6) is -5.55. The lowest BCUT2D eigenvalue weighted by Crippen LogP contribution is -2.31. The van der Waals surface area contributed by atoms with Crippen LogP contribution in [0.25, 0.3) is 10.4 Å². The molecule has 0 bridgehead atoms. The monoisotopic (exact) mass is 399 g/mol. The van der Waals surface area contributed by atoms with Crippen LogP contribution < -0.4 is 16.0 Å². The number of halogens is 2. The van der Waals surface area contributed by atoms with Crippen molar-refractivity contribution in [3.8, 4) is 10.4 Å². The summed E-state index contributed by atoms with van der Waals surface area (Å²) in [5, 5.41) is 4.60. The zero-order valence-electron chi connectivity index (χ0n) is 14.7. The van der Waals surface area contributed by atoms with Gasteiger partial charge in [-0.1, -0.05) is 12.1 Å². The lowest BCUT2D eigenvalue weighted by molar-refractivity contribution is -0.141. The lowest BCUT2D eigenvalue weighted by Gasteiger charge is -2.12. The predicted molar refractivity (Wildman–Crippen MR) is 106 cm³/mol. The third kappa shape index (κ3) is 2.82. The minimum absolute atomic E-state index is 0.0162. The average Bonchev–Trinajstić information content (AvgIpc) is 3.27. The first kappa shape index (κ1) is 18.1. The number of nitrogens with zero attached hydrogens (tertiary/aromatic N) is 1. The number of rotatable bonds is 3. The molecule has 0 radical (unpaired) electrons. The zero-order chi connectivity index (χ0) is 20.1. The van der Waals surface area contributed by atoms with Crippen molar-refractivity contribution in [2.75, 3.05) is 23.0 Å². The molecule has 2 amide bonds. The van der Waals surface area contributed by atoms with Crippen molar-refractivity contribution in [1.82, 2.24) is 0 Å². The van der Waals surface area contributed by atoms with Crippen LogP contribution in [0.5, 0.6) is 0 Å². The molecule has 142 valence electrons. The third-order valence-corrected chi connectivity index (χ3v) is 5.56. The van der Waals surface area contributed by atoms with Crippen molar-refractivity contribution < 1.29 is 18.4 Å². The minimum atomic E-state index is -3.65. The van der Waals surface area contributed by atoms with Crippen LogP contribution in [0.1, 0.15) is 15.9 Å². The summed E-state index contributed by atoms with van der Waals surface area (Å²) in [6.07, 6.45) is 0. The third-order valence-electron chi connectivity index (χ3n) is 4.64. The molecule has 0 aliphatic carbocycles. The van der Waals surface area contributed by atoms with Gasteiger partial charge in [0.05, 0.1) is 22.6 Å². The maximum absolute atomic E-state index is 14.2. The summed E-state index contributed by atoms with van der Waals surface area (Å²) in [6, 6.07) is 12.9. The smallest absolute Gasteiger partial charge is 0.352 e. The largest absolute Gasteiger partial charge is 0.397 e. The first-order valence-corrected chi connectivity index (χ1v) is 9.22. The van der Waals surface area contributed by atoms with Gasteiger partial charge in [0.15, 0.2) is 0 Å². The fourth-order valence-corrected chi connectivity index (χ4v) is 3.84. The molecule has 4 rings (SSSR count). The van der Waals surface area contributed by atoms with E-state index in [1.54, 1.807) is 23.5 Å². The van der Waals surface area contributed by atoms with Gasteiger partial charge in [-0.2, -0.15) is 8.78 Å². The second-order valence-corrected chi connectivity index (χ2v) is 7.35. The highest BCUT2D eigenvalue weighted by atomic mass is 32.1. The number of thiophene rings is 1. The molecule has 0 unspecified atom stereocenters. The molecule has 0 fully saturated rings. The summed E-state index contributed by atoms with van der Waals surface area (Å²) in [4.78, 5) is 26.2. The van der Waals surface area contributed by atoms with Crippen molar-refractivity contribution in [2.45, 2.75) is 5.92 Å². The van der Waals surface area contributed by atoms with Gasteiger partial charge in [-0.15, -0.1) is 11.3 Å². The van der Waals surface area contributed by atoms with E-state index in [2.05, 4.69) is 5.32 Å². The van der Waals surface area contributed by atoms with Crippen LogP contribution in [0.3, 0.4) is 0 Å².